The van der Waals surface area contributed by atoms with E-state index in [1.807, 2.05) is 12.1 Å². The summed E-state index contributed by atoms with van der Waals surface area (Å²) < 4.78 is 5.52. The number of halogens is 2. The molecule has 0 amide bonds. The zero-order valence-electron chi connectivity index (χ0n) is 10.9. The van der Waals surface area contributed by atoms with Crippen LogP contribution in [0.25, 0.3) is 0 Å². The van der Waals surface area contributed by atoms with E-state index in [4.69, 9.17) is 33.7 Å². The van der Waals surface area contributed by atoms with Crippen LogP contribution >= 0.6 is 23.2 Å². The first-order chi connectivity index (χ1) is 10.0. The number of ether oxygens (including phenoxy) is 1. The summed E-state index contributed by atoms with van der Waals surface area (Å²) in [5, 5.41) is 11.3. The van der Waals surface area contributed by atoms with Crippen LogP contribution in [0.15, 0.2) is 36.4 Å². The number of nitrogens with two attached hydrogens (primary N) is 1. The van der Waals surface area contributed by atoms with E-state index < -0.39 is 4.92 Å². The van der Waals surface area contributed by atoms with Crippen molar-refractivity contribution in [2.75, 3.05) is 6.54 Å². The summed E-state index contributed by atoms with van der Waals surface area (Å²) in [5.41, 5.74) is 6.30. The topological polar surface area (TPSA) is 78.4 Å². The minimum absolute atomic E-state index is 0.0426. The lowest BCUT2D eigenvalue weighted by atomic mass is 10.1. The van der Waals surface area contributed by atoms with Crippen LogP contribution in [0.3, 0.4) is 0 Å². The standard InChI is InChI=1S/C14H12Cl2N2O3/c15-11-7-13(18(19)20)14(8-12(11)16)21-10-3-1-9(2-4-10)5-6-17/h1-4,7-8H,5-6,17H2. The maximum Gasteiger partial charge on any atom is 0.313 e. The fourth-order valence-electron chi connectivity index (χ4n) is 1.76. The van der Waals surface area contributed by atoms with Crippen LogP contribution in [-0.4, -0.2) is 11.5 Å². The van der Waals surface area contributed by atoms with Crippen LogP contribution < -0.4 is 10.5 Å². The number of hydrogen-bond donors (Lipinski definition) is 1. The van der Waals surface area contributed by atoms with Gasteiger partial charge in [0.15, 0.2) is 0 Å². The molecule has 0 atom stereocenters. The lowest BCUT2D eigenvalue weighted by molar-refractivity contribution is -0.385. The van der Waals surface area contributed by atoms with Gasteiger partial charge in [-0.05, 0) is 30.7 Å². The molecule has 0 heterocycles. The molecule has 0 aliphatic rings. The molecule has 2 N–H and O–H groups in total. The Morgan fingerprint density at radius 3 is 2.33 bits per heavy atom. The van der Waals surface area contributed by atoms with E-state index in [1.54, 1.807) is 12.1 Å². The summed E-state index contributed by atoms with van der Waals surface area (Å²) in [6.45, 7) is 0.554. The van der Waals surface area contributed by atoms with E-state index >= 15 is 0 Å². The predicted octanol–water partition coefficient (Wildman–Crippen LogP) is 4.20. The molecule has 0 bridgehead atoms. The second-order valence-corrected chi connectivity index (χ2v) is 5.09. The van der Waals surface area contributed by atoms with Crippen LogP contribution in [-0.2, 0) is 6.42 Å². The molecule has 2 aromatic carbocycles. The molecule has 0 aromatic heterocycles. The quantitative estimate of drug-likeness (QED) is 0.659. The number of nitro groups is 1. The van der Waals surface area contributed by atoms with Gasteiger partial charge in [-0.25, -0.2) is 0 Å². The Kier molecular flexibility index (Phi) is 5.01. The molecule has 21 heavy (non-hydrogen) atoms. The second kappa shape index (κ2) is 6.76. The molecule has 7 heteroatoms. The minimum atomic E-state index is -0.569. The zero-order chi connectivity index (χ0) is 15.4. The first kappa shape index (κ1) is 15.6. The highest BCUT2D eigenvalue weighted by molar-refractivity contribution is 6.42. The van der Waals surface area contributed by atoms with Gasteiger partial charge >= 0.3 is 5.69 Å². The van der Waals surface area contributed by atoms with Gasteiger partial charge in [-0.15, -0.1) is 0 Å². The highest BCUT2D eigenvalue weighted by atomic mass is 35.5. The van der Waals surface area contributed by atoms with Crippen molar-refractivity contribution >= 4 is 28.9 Å². The van der Waals surface area contributed by atoms with Crippen molar-refractivity contribution in [1.29, 1.82) is 0 Å². The maximum absolute atomic E-state index is 11.0. The fraction of sp³-hybridized carbons (Fsp3) is 0.143. The molecule has 5 nitrogen and oxygen atoms in total. The maximum atomic E-state index is 11.0. The van der Waals surface area contributed by atoms with Crippen molar-refractivity contribution in [3.8, 4) is 11.5 Å². The normalized spacial score (nSPS) is 10.4. The Bertz CT molecular complexity index is 660. The average Bonchev–Trinajstić information content (AvgIpc) is 2.44. The SMILES string of the molecule is NCCc1ccc(Oc2cc(Cl)c(Cl)cc2[N+](=O)[O-])cc1. The summed E-state index contributed by atoms with van der Waals surface area (Å²) in [5.74, 6) is 0.512. The van der Waals surface area contributed by atoms with E-state index in [9.17, 15) is 10.1 Å². The van der Waals surface area contributed by atoms with Gasteiger partial charge < -0.3 is 10.5 Å². The second-order valence-electron chi connectivity index (χ2n) is 4.28. The van der Waals surface area contributed by atoms with Gasteiger partial charge in [0.1, 0.15) is 5.75 Å². The van der Waals surface area contributed by atoms with Crippen molar-refractivity contribution in [3.05, 3.63) is 62.1 Å². The largest absolute Gasteiger partial charge is 0.450 e. The van der Waals surface area contributed by atoms with E-state index in [2.05, 4.69) is 0 Å². The highest BCUT2D eigenvalue weighted by Gasteiger charge is 2.19. The van der Waals surface area contributed by atoms with Gasteiger partial charge in [-0.2, -0.15) is 0 Å². The zero-order valence-corrected chi connectivity index (χ0v) is 12.4. The third-order valence-corrected chi connectivity index (χ3v) is 3.50. The van der Waals surface area contributed by atoms with E-state index in [0.717, 1.165) is 12.0 Å². The predicted molar refractivity (Wildman–Crippen MR) is 82.4 cm³/mol. The molecule has 2 rings (SSSR count). The smallest absolute Gasteiger partial charge is 0.313 e. The Balaban J connectivity index is 2.30. The third kappa shape index (κ3) is 3.85. The molecule has 0 spiro atoms. The van der Waals surface area contributed by atoms with Crippen LogP contribution in [0, 0.1) is 10.1 Å². The monoisotopic (exact) mass is 326 g/mol. The van der Waals surface area contributed by atoms with Gasteiger partial charge in [-0.3, -0.25) is 10.1 Å². The van der Waals surface area contributed by atoms with E-state index in [0.29, 0.717) is 12.3 Å². The molecule has 2 aromatic rings. The number of rotatable bonds is 5. The van der Waals surface area contributed by atoms with Crippen molar-refractivity contribution in [2.24, 2.45) is 5.73 Å². The molecule has 0 aliphatic carbocycles. The minimum Gasteiger partial charge on any atom is -0.450 e. The average molecular weight is 327 g/mol. The first-order valence-corrected chi connectivity index (χ1v) is 6.87. The van der Waals surface area contributed by atoms with Crippen molar-refractivity contribution in [2.45, 2.75) is 6.42 Å². The molecule has 110 valence electrons. The van der Waals surface area contributed by atoms with E-state index in [1.165, 1.54) is 12.1 Å². The molecule has 0 saturated carbocycles. The third-order valence-electron chi connectivity index (χ3n) is 2.78. The summed E-state index contributed by atoms with van der Waals surface area (Å²) in [4.78, 5) is 10.5. The number of benzene rings is 2. The summed E-state index contributed by atoms with van der Waals surface area (Å²) in [6.07, 6.45) is 0.757. The Hall–Kier alpha value is -1.82. The number of nitro benzene ring substituents is 1. The number of nitrogens with zero attached hydrogens (tertiary/aromatic N) is 1. The van der Waals surface area contributed by atoms with Gasteiger partial charge in [-0.1, -0.05) is 35.3 Å². The summed E-state index contributed by atoms with van der Waals surface area (Å²) >= 11 is 11.7. The summed E-state index contributed by atoms with van der Waals surface area (Å²) in [6, 6.07) is 9.64. The van der Waals surface area contributed by atoms with Crippen molar-refractivity contribution < 1.29 is 9.66 Å². The number of hydrogen-bond acceptors (Lipinski definition) is 4. The fourth-order valence-corrected chi connectivity index (χ4v) is 2.07. The van der Waals surface area contributed by atoms with Crippen LogP contribution in [0.4, 0.5) is 5.69 Å². The highest BCUT2D eigenvalue weighted by Crippen LogP contribution is 2.38. The van der Waals surface area contributed by atoms with Crippen LogP contribution in [0.2, 0.25) is 10.0 Å². The molecule has 0 saturated heterocycles. The molecule has 0 fully saturated rings. The van der Waals surface area contributed by atoms with Gasteiger partial charge in [0.25, 0.3) is 0 Å². The van der Waals surface area contributed by atoms with Gasteiger partial charge in [0.05, 0.1) is 15.0 Å². The van der Waals surface area contributed by atoms with Crippen molar-refractivity contribution in [3.63, 3.8) is 0 Å². The molecule has 0 radical (unpaired) electrons. The van der Waals surface area contributed by atoms with E-state index in [-0.39, 0.29) is 21.5 Å². The van der Waals surface area contributed by atoms with Crippen LogP contribution in [0.1, 0.15) is 5.56 Å². The molecule has 0 aliphatic heterocycles. The molecular weight excluding hydrogens is 315 g/mol. The van der Waals surface area contributed by atoms with Crippen LogP contribution in [0.5, 0.6) is 11.5 Å². The molecular formula is C14H12Cl2N2O3. The Labute approximate surface area is 131 Å². The lowest BCUT2D eigenvalue weighted by Gasteiger charge is -2.08. The van der Waals surface area contributed by atoms with Gasteiger partial charge in [0.2, 0.25) is 5.75 Å². The Morgan fingerprint density at radius 2 is 1.76 bits per heavy atom. The lowest BCUT2D eigenvalue weighted by Crippen LogP contribution is -2.02. The summed E-state index contributed by atoms with van der Waals surface area (Å²) in [7, 11) is 0. The Morgan fingerprint density at radius 1 is 1.14 bits per heavy atom. The van der Waals surface area contributed by atoms with Gasteiger partial charge in [0, 0.05) is 12.1 Å². The molecule has 0 unspecified atom stereocenters. The first-order valence-electron chi connectivity index (χ1n) is 6.11. The van der Waals surface area contributed by atoms with Crippen molar-refractivity contribution in [1.82, 2.24) is 0 Å².